The first-order valence-electron chi connectivity index (χ1n) is 9.63. The molecular formula is C23H19Cl2N3O3S. The number of thiocarbonyl (C=S) groups is 1. The first-order valence-corrected chi connectivity index (χ1v) is 10.8. The molecule has 9 heteroatoms. The van der Waals surface area contributed by atoms with E-state index in [4.69, 9.17) is 40.2 Å². The Balaban J connectivity index is 1.87. The SMILES string of the molecule is CCOC(=O)c1ccc(N(Cc2cccnc2)C(=S)NC(=O)c2cc(Cl)ccc2Cl)cc1. The maximum atomic E-state index is 12.8. The number of nitrogens with one attached hydrogen (secondary N) is 1. The topological polar surface area (TPSA) is 71.5 Å². The molecule has 0 saturated carbocycles. The van der Waals surface area contributed by atoms with E-state index in [2.05, 4.69) is 10.3 Å². The third-order valence-corrected chi connectivity index (χ3v) is 5.28. The van der Waals surface area contributed by atoms with Crippen LogP contribution >= 0.6 is 35.4 Å². The Kier molecular flexibility index (Phi) is 8.16. The van der Waals surface area contributed by atoms with Crippen molar-refractivity contribution in [1.29, 1.82) is 0 Å². The Labute approximate surface area is 201 Å². The number of benzene rings is 2. The average Bonchev–Trinajstić information content (AvgIpc) is 2.80. The number of esters is 1. The van der Waals surface area contributed by atoms with Gasteiger partial charge in [-0.25, -0.2) is 4.79 Å². The highest BCUT2D eigenvalue weighted by atomic mass is 35.5. The lowest BCUT2D eigenvalue weighted by Crippen LogP contribution is -2.42. The molecule has 0 radical (unpaired) electrons. The molecule has 0 bridgehead atoms. The van der Waals surface area contributed by atoms with Gasteiger partial charge in [-0.05, 0) is 73.2 Å². The molecule has 2 aromatic carbocycles. The zero-order chi connectivity index (χ0) is 23.1. The Hall–Kier alpha value is -3.00. The average molecular weight is 488 g/mol. The van der Waals surface area contributed by atoms with E-state index < -0.39 is 11.9 Å². The second-order valence-electron chi connectivity index (χ2n) is 6.60. The number of anilines is 1. The smallest absolute Gasteiger partial charge is 0.338 e. The van der Waals surface area contributed by atoms with Crippen molar-refractivity contribution in [2.45, 2.75) is 13.5 Å². The van der Waals surface area contributed by atoms with Gasteiger partial charge in [0.25, 0.3) is 5.91 Å². The van der Waals surface area contributed by atoms with Crippen LogP contribution in [-0.2, 0) is 11.3 Å². The van der Waals surface area contributed by atoms with E-state index in [9.17, 15) is 9.59 Å². The van der Waals surface area contributed by atoms with Crippen LogP contribution in [0.5, 0.6) is 0 Å². The largest absolute Gasteiger partial charge is 0.462 e. The van der Waals surface area contributed by atoms with Crippen molar-refractivity contribution in [1.82, 2.24) is 10.3 Å². The third-order valence-electron chi connectivity index (χ3n) is 4.39. The van der Waals surface area contributed by atoms with Gasteiger partial charge in [-0.15, -0.1) is 0 Å². The first-order chi connectivity index (χ1) is 15.4. The minimum Gasteiger partial charge on any atom is -0.462 e. The van der Waals surface area contributed by atoms with Gasteiger partial charge in [-0.2, -0.15) is 0 Å². The van der Waals surface area contributed by atoms with Crippen LogP contribution < -0.4 is 10.2 Å². The number of aromatic nitrogens is 1. The molecule has 32 heavy (non-hydrogen) atoms. The molecule has 164 valence electrons. The third kappa shape index (κ3) is 6.03. The van der Waals surface area contributed by atoms with Crippen molar-refractivity contribution < 1.29 is 14.3 Å². The number of pyridine rings is 1. The van der Waals surface area contributed by atoms with Crippen molar-refractivity contribution in [3.63, 3.8) is 0 Å². The van der Waals surface area contributed by atoms with Crippen LogP contribution in [0.2, 0.25) is 10.0 Å². The van der Waals surface area contributed by atoms with Gasteiger partial charge in [-0.3, -0.25) is 15.1 Å². The maximum Gasteiger partial charge on any atom is 0.338 e. The second-order valence-corrected chi connectivity index (χ2v) is 7.83. The number of rotatable bonds is 6. The highest BCUT2D eigenvalue weighted by Gasteiger charge is 2.19. The summed E-state index contributed by atoms with van der Waals surface area (Å²) in [6.07, 6.45) is 3.38. The Bertz CT molecular complexity index is 1130. The summed E-state index contributed by atoms with van der Waals surface area (Å²) in [6.45, 7) is 2.38. The van der Waals surface area contributed by atoms with E-state index in [1.54, 1.807) is 60.6 Å². The molecule has 0 atom stereocenters. The molecule has 0 aliphatic heterocycles. The molecule has 1 heterocycles. The van der Waals surface area contributed by atoms with E-state index in [0.29, 0.717) is 22.8 Å². The van der Waals surface area contributed by atoms with E-state index in [0.717, 1.165) is 5.56 Å². The van der Waals surface area contributed by atoms with Gasteiger partial charge in [0.15, 0.2) is 5.11 Å². The zero-order valence-electron chi connectivity index (χ0n) is 17.0. The summed E-state index contributed by atoms with van der Waals surface area (Å²) < 4.78 is 5.03. The predicted molar refractivity (Wildman–Crippen MR) is 129 cm³/mol. The fourth-order valence-corrected chi connectivity index (χ4v) is 3.49. The molecule has 1 N–H and O–H groups in total. The van der Waals surface area contributed by atoms with Crippen molar-refractivity contribution >= 4 is 58.1 Å². The fraction of sp³-hybridized carbons (Fsp3) is 0.130. The van der Waals surface area contributed by atoms with Gasteiger partial charge < -0.3 is 9.64 Å². The van der Waals surface area contributed by atoms with Crippen molar-refractivity contribution in [3.8, 4) is 0 Å². The molecule has 0 saturated heterocycles. The second kappa shape index (κ2) is 11.0. The summed E-state index contributed by atoms with van der Waals surface area (Å²) in [4.78, 5) is 30.6. The monoisotopic (exact) mass is 487 g/mol. The lowest BCUT2D eigenvalue weighted by Gasteiger charge is -2.26. The number of ether oxygens (including phenoxy) is 1. The molecule has 0 unspecified atom stereocenters. The van der Waals surface area contributed by atoms with Crippen molar-refractivity contribution in [2.24, 2.45) is 0 Å². The fourth-order valence-electron chi connectivity index (χ4n) is 2.85. The first kappa shape index (κ1) is 23.7. The minimum atomic E-state index is -0.484. The van der Waals surface area contributed by atoms with Crippen LogP contribution in [-0.4, -0.2) is 28.6 Å². The van der Waals surface area contributed by atoms with E-state index in [-0.39, 0.29) is 22.3 Å². The zero-order valence-corrected chi connectivity index (χ0v) is 19.4. The molecular weight excluding hydrogens is 469 g/mol. The summed E-state index contributed by atoms with van der Waals surface area (Å²) in [5, 5.41) is 3.49. The molecule has 6 nitrogen and oxygen atoms in total. The Morgan fingerprint density at radius 3 is 2.53 bits per heavy atom. The number of halogens is 2. The highest BCUT2D eigenvalue weighted by molar-refractivity contribution is 7.80. The quantitative estimate of drug-likeness (QED) is 0.376. The van der Waals surface area contributed by atoms with E-state index in [1.165, 1.54) is 6.07 Å². The molecule has 3 rings (SSSR count). The molecule has 0 aliphatic rings. The summed E-state index contributed by atoms with van der Waals surface area (Å²) >= 11 is 17.7. The van der Waals surface area contributed by atoms with Crippen LogP contribution in [0.4, 0.5) is 5.69 Å². The summed E-state index contributed by atoms with van der Waals surface area (Å²) in [5.74, 6) is -0.897. The van der Waals surface area contributed by atoms with Crippen LogP contribution in [0.3, 0.4) is 0 Å². The maximum absolute atomic E-state index is 12.8. The molecule has 3 aromatic rings. The summed E-state index contributed by atoms with van der Waals surface area (Å²) in [6, 6.07) is 15.1. The van der Waals surface area contributed by atoms with Crippen molar-refractivity contribution in [3.05, 3.63) is 93.7 Å². The normalized spacial score (nSPS) is 10.3. The Morgan fingerprint density at radius 2 is 1.88 bits per heavy atom. The standard InChI is InChI=1S/C23H19Cl2N3O3S/c1-2-31-22(30)16-5-8-18(9-6-16)28(14-15-4-3-11-26-13-15)23(32)27-21(29)19-12-17(24)7-10-20(19)25/h3-13H,2,14H2,1H3,(H,27,29,32). The lowest BCUT2D eigenvalue weighted by molar-refractivity contribution is 0.0526. The Morgan fingerprint density at radius 1 is 1.12 bits per heavy atom. The van der Waals surface area contributed by atoms with Crippen LogP contribution in [0, 0.1) is 0 Å². The predicted octanol–water partition coefficient (Wildman–Crippen LogP) is 5.29. The number of nitrogens with zero attached hydrogens (tertiary/aromatic N) is 2. The molecule has 0 aliphatic carbocycles. The number of hydrogen-bond acceptors (Lipinski definition) is 5. The van der Waals surface area contributed by atoms with Crippen LogP contribution in [0.15, 0.2) is 67.0 Å². The van der Waals surface area contributed by atoms with Crippen LogP contribution in [0.25, 0.3) is 0 Å². The van der Waals surface area contributed by atoms with Crippen LogP contribution in [0.1, 0.15) is 33.2 Å². The van der Waals surface area contributed by atoms with E-state index >= 15 is 0 Å². The molecule has 0 spiro atoms. The van der Waals surface area contributed by atoms with Gasteiger partial charge >= 0.3 is 5.97 Å². The lowest BCUT2D eigenvalue weighted by atomic mass is 10.2. The van der Waals surface area contributed by atoms with Gasteiger partial charge in [0.1, 0.15) is 0 Å². The van der Waals surface area contributed by atoms with Gasteiger partial charge in [0.2, 0.25) is 0 Å². The molecule has 1 amide bonds. The van der Waals surface area contributed by atoms with Gasteiger partial charge in [0, 0.05) is 23.1 Å². The summed E-state index contributed by atoms with van der Waals surface area (Å²) in [7, 11) is 0. The molecule has 1 aromatic heterocycles. The highest BCUT2D eigenvalue weighted by Crippen LogP contribution is 2.22. The van der Waals surface area contributed by atoms with E-state index in [1.807, 2.05) is 12.1 Å². The molecule has 0 fully saturated rings. The number of carbonyl (C=O) groups is 2. The van der Waals surface area contributed by atoms with Gasteiger partial charge in [0.05, 0.1) is 29.3 Å². The summed E-state index contributed by atoms with van der Waals surface area (Å²) in [5.41, 5.74) is 2.17. The number of hydrogen-bond donors (Lipinski definition) is 1. The van der Waals surface area contributed by atoms with Crippen molar-refractivity contribution in [2.75, 3.05) is 11.5 Å². The number of carbonyl (C=O) groups excluding carboxylic acids is 2. The van der Waals surface area contributed by atoms with Gasteiger partial charge in [-0.1, -0.05) is 29.3 Å². The minimum absolute atomic E-state index is 0.152. The number of amides is 1.